The van der Waals surface area contributed by atoms with E-state index in [1.807, 2.05) is 12.1 Å². The van der Waals surface area contributed by atoms with Crippen molar-refractivity contribution in [3.05, 3.63) is 47.8 Å². The van der Waals surface area contributed by atoms with Gasteiger partial charge in [-0.3, -0.25) is 0 Å². The van der Waals surface area contributed by atoms with Gasteiger partial charge in [-0.25, -0.2) is 9.97 Å². The van der Waals surface area contributed by atoms with Crippen molar-refractivity contribution < 1.29 is 4.39 Å². The van der Waals surface area contributed by atoms with Crippen molar-refractivity contribution in [1.82, 2.24) is 9.97 Å². The summed E-state index contributed by atoms with van der Waals surface area (Å²) in [6.45, 7) is 4.42. The van der Waals surface area contributed by atoms with Gasteiger partial charge >= 0.3 is 0 Å². The molecule has 0 saturated heterocycles. The van der Waals surface area contributed by atoms with Crippen molar-refractivity contribution >= 4 is 0 Å². The number of aromatic nitrogens is 2. The summed E-state index contributed by atoms with van der Waals surface area (Å²) in [5, 5.41) is 0. The first-order valence-corrected chi connectivity index (χ1v) is 10.8. The molecule has 3 heteroatoms. The third-order valence-electron chi connectivity index (χ3n) is 5.99. The Hall–Kier alpha value is -1.77. The van der Waals surface area contributed by atoms with E-state index in [0.717, 1.165) is 37.2 Å². The third-order valence-corrected chi connectivity index (χ3v) is 5.99. The molecule has 1 aliphatic carbocycles. The van der Waals surface area contributed by atoms with Crippen LogP contribution in [0.4, 0.5) is 4.39 Å². The minimum Gasteiger partial charge on any atom is -0.240 e. The van der Waals surface area contributed by atoms with Crippen molar-refractivity contribution in [2.75, 3.05) is 0 Å². The van der Waals surface area contributed by atoms with Gasteiger partial charge in [0, 0.05) is 12.1 Å². The van der Waals surface area contributed by atoms with E-state index in [4.69, 9.17) is 0 Å². The number of hydrogen-bond acceptors (Lipinski definition) is 2. The van der Waals surface area contributed by atoms with E-state index in [1.54, 1.807) is 6.20 Å². The molecule has 0 unspecified atom stereocenters. The number of benzene rings is 1. The molecule has 1 fully saturated rings. The van der Waals surface area contributed by atoms with Crippen LogP contribution in [0.1, 0.15) is 88.9 Å². The van der Waals surface area contributed by atoms with E-state index in [1.165, 1.54) is 44.1 Å². The van der Waals surface area contributed by atoms with Gasteiger partial charge in [-0.1, -0.05) is 70.2 Å². The lowest BCUT2D eigenvalue weighted by Crippen LogP contribution is -2.16. The van der Waals surface area contributed by atoms with E-state index in [-0.39, 0.29) is 5.95 Å². The second kappa shape index (κ2) is 9.96. The first kappa shape index (κ1) is 20.0. The lowest BCUT2D eigenvalue weighted by atomic mass is 9.79. The Kier molecular flexibility index (Phi) is 7.37. The summed E-state index contributed by atoms with van der Waals surface area (Å²) in [4.78, 5) is 8.80. The number of hydrogen-bond donors (Lipinski definition) is 0. The van der Waals surface area contributed by atoms with Gasteiger partial charge in [0.1, 0.15) is 5.82 Å². The fourth-order valence-corrected chi connectivity index (χ4v) is 4.30. The molecule has 1 aromatic heterocycles. The van der Waals surface area contributed by atoms with E-state index in [9.17, 15) is 4.39 Å². The maximum Gasteiger partial charge on any atom is 0.224 e. The highest BCUT2D eigenvalue weighted by Gasteiger charge is 2.24. The van der Waals surface area contributed by atoms with Crippen LogP contribution in [0.3, 0.4) is 0 Å². The van der Waals surface area contributed by atoms with Crippen LogP contribution in [0.15, 0.2) is 30.5 Å². The third kappa shape index (κ3) is 5.37. The summed E-state index contributed by atoms with van der Waals surface area (Å²) in [6.07, 6.45) is 13.9. The minimum absolute atomic E-state index is 0.322. The number of aryl methyl sites for hydroxylation is 1. The highest BCUT2D eigenvalue weighted by molar-refractivity contribution is 5.62. The predicted molar refractivity (Wildman–Crippen MR) is 110 cm³/mol. The largest absolute Gasteiger partial charge is 0.240 e. The summed E-state index contributed by atoms with van der Waals surface area (Å²) in [5.74, 6) is 1.49. The summed E-state index contributed by atoms with van der Waals surface area (Å²) >= 11 is 0. The lowest BCUT2D eigenvalue weighted by Gasteiger charge is -2.27. The molecule has 0 bridgehead atoms. The van der Waals surface area contributed by atoms with Gasteiger partial charge < -0.3 is 0 Å². The Bertz CT molecular complexity index is 703. The van der Waals surface area contributed by atoms with Crippen LogP contribution in [-0.2, 0) is 6.42 Å². The van der Waals surface area contributed by atoms with Crippen LogP contribution < -0.4 is 0 Å². The van der Waals surface area contributed by atoms with Gasteiger partial charge in [-0.05, 0) is 49.1 Å². The number of rotatable bonds is 8. The zero-order valence-corrected chi connectivity index (χ0v) is 16.9. The summed E-state index contributed by atoms with van der Waals surface area (Å²) in [6, 6.07) is 8.11. The molecule has 0 amide bonds. The predicted octanol–water partition coefficient (Wildman–Crippen LogP) is 7.09. The topological polar surface area (TPSA) is 25.8 Å². The molecule has 1 aromatic carbocycles. The van der Waals surface area contributed by atoms with Crippen molar-refractivity contribution in [2.24, 2.45) is 5.92 Å². The van der Waals surface area contributed by atoms with Crippen LogP contribution in [0.25, 0.3) is 11.1 Å². The van der Waals surface area contributed by atoms with E-state index < -0.39 is 0 Å². The molecule has 1 heterocycles. The Morgan fingerprint density at radius 3 is 2.33 bits per heavy atom. The lowest BCUT2D eigenvalue weighted by molar-refractivity contribution is 0.296. The molecular weight excluding hydrogens is 335 g/mol. The molecule has 0 N–H and O–H groups in total. The summed E-state index contributed by atoms with van der Waals surface area (Å²) < 4.78 is 14.7. The highest BCUT2D eigenvalue weighted by Crippen LogP contribution is 2.37. The Balaban J connectivity index is 1.61. The molecular formula is C24H33FN2. The van der Waals surface area contributed by atoms with Gasteiger partial charge in [0.2, 0.25) is 5.95 Å². The molecule has 0 atom stereocenters. The maximum absolute atomic E-state index is 14.7. The van der Waals surface area contributed by atoms with Crippen molar-refractivity contribution in [3.63, 3.8) is 0 Å². The fourth-order valence-electron chi connectivity index (χ4n) is 4.30. The van der Waals surface area contributed by atoms with Gasteiger partial charge in [0.05, 0.1) is 5.56 Å². The van der Waals surface area contributed by atoms with Gasteiger partial charge in [-0.15, -0.1) is 0 Å². The molecule has 27 heavy (non-hydrogen) atoms. The Morgan fingerprint density at radius 1 is 0.963 bits per heavy atom. The molecule has 2 nitrogen and oxygen atoms in total. The average molecular weight is 369 g/mol. The molecule has 146 valence electrons. The van der Waals surface area contributed by atoms with Crippen LogP contribution in [0.5, 0.6) is 0 Å². The zero-order chi connectivity index (χ0) is 19.1. The minimum atomic E-state index is -0.381. The number of halogens is 1. The van der Waals surface area contributed by atoms with Gasteiger partial charge in [-0.2, -0.15) is 4.39 Å². The second-order valence-corrected chi connectivity index (χ2v) is 8.09. The SMILES string of the molecule is CCCCCC1CCC(c2ncc(-c3ccc(CCC)cc3)c(F)n2)CC1. The Labute approximate surface area is 163 Å². The zero-order valence-electron chi connectivity index (χ0n) is 16.9. The van der Waals surface area contributed by atoms with Gasteiger partial charge in [0.15, 0.2) is 0 Å². The smallest absolute Gasteiger partial charge is 0.224 e. The number of nitrogens with zero attached hydrogens (tertiary/aromatic N) is 2. The van der Waals surface area contributed by atoms with E-state index in [2.05, 4.69) is 35.9 Å². The Morgan fingerprint density at radius 2 is 1.70 bits per heavy atom. The molecule has 0 aliphatic heterocycles. The van der Waals surface area contributed by atoms with Crippen LogP contribution in [0.2, 0.25) is 0 Å². The first-order chi connectivity index (χ1) is 13.2. The normalized spacial score (nSPS) is 20.0. The molecule has 1 aliphatic rings. The van der Waals surface area contributed by atoms with E-state index >= 15 is 0 Å². The number of unbranched alkanes of at least 4 members (excludes halogenated alkanes) is 2. The molecule has 0 radical (unpaired) electrons. The maximum atomic E-state index is 14.7. The summed E-state index contributed by atoms with van der Waals surface area (Å²) in [5.41, 5.74) is 2.66. The molecule has 1 saturated carbocycles. The second-order valence-electron chi connectivity index (χ2n) is 8.09. The fraction of sp³-hybridized carbons (Fsp3) is 0.583. The average Bonchev–Trinajstić information content (AvgIpc) is 2.70. The van der Waals surface area contributed by atoms with E-state index in [0.29, 0.717) is 17.3 Å². The van der Waals surface area contributed by atoms with Gasteiger partial charge in [0.25, 0.3) is 0 Å². The van der Waals surface area contributed by atoms with Crippen molar-refractivity contribution in [3.8, 4) is 11.1 Å². The monoisotopic (exact) mass is 368 g/mol. The van der Waals surface area contributed by atoms with Crippen LogP contribution >= 0.6 is 0 Å². The molecule has 3 rings (SSSR count). The van der Waals surface area contributed by atoms with Crippen molar-refractivity contribution in [2.45, 2.75) is 84.0 Å². The standard InChI is InChI=1S/C24H33FN2/c1-3-5-6-8-19-11-15-21(16-12-19)24-26-17-22(23(25)27-24)20-13-9-18(7-4-2)10-14-20/h9-10,13-14,17,19,21H,3-8,11-12,15-16H2,1-2H3. The van der Waals surface area contributed by atoms with Crippen LogP contribution in [-0.4, -0.2) is 9.97 Å². The van der Waals surface area contributed by atoms with Crippen molar-refractivity contribution in [1.29, 1.82) is 0 Å². The van der Waals surface area contributed by atoms with Crippen LogP contribution in [0, 0.1) is 11.9 Å². The first-order valence-electron chi connectivity index (χ1n) is 10.8. The quantitative estimate of drug-likeness (QED) is 0.367. The molecule has 2 aromatic rings. The molecule has 0 spiro atoms. The highest BCUT2D eigenvalue weighted by atomic mass is 19.1. The summed E-state index contributed by atoms with van der Waals surface area (Å²) in [7, 11) is 0.